The molecule has 0 saturated carbocycles. The molecule has 0 aliphatic carbocycles. The fraction of sp³-hybridized carbons (Fsp3) is 0.261. The van der Waals surface area contributed by atoms with Crippen LogP contribution >= 0.6 is 12.4 Å². The Bertz CT molecular complexity index is 1210. The van der Waals surface area contributed by atoms with E-state index < -0.39 is 0 Å². The highest BCUT2D eigenvalue weighted by atomic mass is 35.5. The first kappa shape index (κ1) is 20.8. The summed E-state index contributed by atoms with van der Waals surface area (Å²) in [5.74, 6) is 2.92. The van der Waals surface area contributed by atoms with Crippen LogP contribution in [0.4, 0.5) is 0 Å². The minimum absolute atomic E-state index is 0. The van der Waals surface area contributed by atoms with Crippen LogP contribution in [0.25, 0.3) is 32.4 Å². The van der Waals surface area contributed by atoms with Crippen molar-refractivity contribution >= 4 is 44.9 Å². The quantitative estimate of drug-likeness (QED) is 0.347. The van der Waals surface area contributed by atoms with E-state index in [1.807, 2.05) is 25.1 Å². The third-order valence-corrected chi connectivity index (χ3v) is 5.11. The molecule has 0 amide bonds. The van der Waals surface area contributed by atoms with Crippen molar-refractivity contribution in [3.05, 3.63) is 42.6 Å². The number of nitrogens with zero attached hydrogens (tertiary/aromatic N) is 1. The van der Waals surface area contributed by atoms with Crippen molar-refractivity contribution < 1.29 is 23.5 Å². The minimum Gasteiger partial charge on any atom is -0.493 e. The van der Waals surface area contributed by atoms with Crippen molar-refractivity contribution in [1.82, 2.24) is 0 Å². The van der Waals surface area contributed by atoms with Crippen molar-refractivity contribution in [3.63, 3.8) is 0 Å². The van der Waals surface area contributed by atoms with E-state index in [0.29, 0.717) is 12.4 Å². The second-order valence-electron chi connectivity index (χ2n) is 6.65. The molecule has 0 aliphatic heterocycles. The Morgan fingerprint density at radius 1 is 0.724 bits per heavy atom. The number of fused-ring (bicyclic) bond motifs is 5. The summed E-state index contributed by atoms with van der Waals surface area (Å²) in [5.41, 5.74) is 1.12. The van der Waals surface area contributed by atoms with Crippen molar-refractivity contribution in [3.8, 4) is 23.0 Å². The van der Waals surface area contributed by atoms with Crippen LogP contribution in [0.2, 0.25) is 0 Å². The van der Waals surface area contributed by atoms with Gasteiger partial charge in [0.15, 0.2) is 29.2 Å². The first-order valence-corrected chi connectivity index (χ1v) is 9.22. The van der Waals surface area contributed by atoms with Crippen LogP contribution in [0.5, 0.6) is 23.0 Å². The van der Waals surface area contributed by atoms with Crippen molar-refractivity contribution in [2.75, 3.05) is 27.9 Å². The van der Waals surface area contributed by atoms with Crippen molar-refractivity contribution in [1.29, 1.82) is 0 Å². The van der Waals surface area contributed by atoms with E-state index in [1.54, 1.807) is 21.3 Å². The van der Waals surface area contributed by atoms with Crippen LogP contribution in [0.15, 0.2) is 42.6 Å². The van der Waals surface area contributed by atoms with Gasteiger partial charge in [-0.25, -0.2) is 0 Å². The molecule has 0 spiro atoms. The number of aryl methyl sites for hydroxylation is 1. The predicted molar refractivity (Wildman–Crippen MR) is 118 cm³/mol. The van der Waals surface area contributed by atoms with E-state index >= 15 is 0 Å². The molecule has 29 heavy (non-hydrogen) atoms. The van der Waals surface area contributed by atoms with Gasteiger partial charge in [-0.2, -0.15) is 4.57 Å². The number of halogens is 1. The standard InChI is InChI=1S/C23H24NO4.ClH/c1-6-28-22-10-15-13-24(2)23-16(17(15)11-21(22)27-5)8-7-14-9-19(25-3)20(26-4)12-18(14)23;/h7-13H,6H2,1-5H3;1H/q+1;. The third-order valence-electron chi connectivity index (χ3n) is 5.11. The van der Waals surface area contributed by atoms with Gasteiger partial charge in [0.25, 0.3) is 0 Å². The number of rotatable bonds is 5. The number of hydrogen-bond acceptors (Lipinski definition) is 4. The maximum Gasteiger partial charge on any atom is 0.220 e. The SMILES string of the molecule is CCOc1cc2c[n+](C)c3c4cc(OC)c(OC)cc4ccc3c2cc1OC.Cl. The van der Waals surface area contributed by atoms with E-state index in [-0.39, 0.29) is 12.4 Å². The Hall–Kier alpha value is -2.92. The zero-order valence-electron chi connectivity index (χ0n) is 17.2. The zero-order chi connectivity index (χ0) is 19.8. The summed E-state index contributed by atoms with van der Waals surface area (Å²) in [6, 6.07) is 12.4. The van der Waals surface area contributed by atoms with E-state index in [1.165, 1.54) is 0 Å². The van der Waals surface area contributed by atoms with Gasteiger partial charge in [0.1, 0.15) is 7.05 Å². The van der Waals surface area contributed by atoms with Crippen LogP contribution in [0.1, 0.15) is 6.92 Å². The Balaban J connectivity index is 0.00000240. The number of hydrogen-bond donors (Lipinski definition) is 0. The van der Waals surface area contributed by atoms with Gasteiger partial charge in [-0.05, 0) is 42.6 Å². The molecule has 4 rings (SSSR count). The Morgan fingerprint density at radius 2 is 1.31 bits per heavy atom. The Morgan fingerprint density at radius 3 is 1.97 bits per heavy atom. The summed E-state index contributed by atoms with van der Waals surface area (Å²) >= 11 is 0. The summed E-state index contributed by atoms with van der Waals surface area (Å²) in [5, 5.41) is 5.55. The third kappa shape index (κ3) is 3.36. The lowest BCUT2D eigenvalue weighted by Crippen LogP contribution is -2.28. The minimum atomic E-state index is 0. The first-order valence-electron chi connectivity index (χ1n) is 9.22. The summed E-state index contributed by atoms with van der Waals surface area (Å²) in [4.78, 5) is 0. The average Bonchev–Trinajstić information content (AvgIpc) is 2.72. The lowest BCUT2D eigenvalue weighted by molar-refractivity contribution is -0.642. The monoisotopic (exact) mass is 414 g/mol. The molecule has 0 atom stereocenters. The largest absolute Gasteiger partial charge is 0.493 e. The fourth-order valence-electron chi connectivity index (χ4n) is 3.85. The van der Waals surface area contributed by atoms with Gasteiger partial charge in [-0.15, -0.1) is 12.4 Å². The molecule has 0 fully saturated rings. The van der Waals surface area contributed by atoms with Gasteiger partial charge in [0.05, 0.1) is 44.1 Å². The number of aromatic nitrogens is 1. The van der Waals surface area contributed by atoms with Gasteiger partial charge < -0.3 is 18.9 Å². The molecular weight excluding hydrogens is 390 g/mol. The molecule has 1 aromatic heterocycles. The molecule has 0 radical (unpaired) electrons. The maximum atomic E-state index is 5.75. The van der Waals surface area contributed by atoms with Crippen LogP contribution in [-0.2, 0) is 7.05 Å². The van der Waals surface area contributed by atoms with E-state index in [0.717, 1.165) is 49.7 Å². The Kier molecular flexibility index (Phi) is 5.89. The molecule has 5 nitrogen and oxygen atoms in total. The highest BCUT2D eigenvalue weighted by Gasteiger charge is 2.19. The molecule has 0 N–H and O–H groups in total. The summed E-state index contributed by atoms with van der Waals surface area (Å²) < 4.78 is 24.5. The lowest BCUT2D eigenvalue weighted by Gasteiger charge is -2.13. The molecule has 6 heteroatoms. The van der Waals surface area contributed by atoms with Gasteiger partial charge in [-0.3, -0.25) is 0 Å². The van der Waals surface area contributed by atoms with Crippen molar-refractivity contribution in [2.45, 2.75) is 6.92 Å². The second-order valence-corrected chi connectivity index (χ2v) is 6.65. The number of methoxy groups -OCH3 is 3. The molecule has 3 aromatic carbocycles. The highest BCUT2D eigenvalue weighted by Crippen LogP contribution is 2.39. The second kappa shape index (κ2) is 8.21. The smallest absolute Gasteiger partial charge is 0.220 e. The number of ether oxygens (including phenoxy) is 4. The maximum absolute atomic E-state index is 5.75. The molecular formula is C23H25ClNO4+. The van der Waals surface area contributed by atoms with Crippen LogP contribution < -0.4 is 23.5 Å². The molecule has 0 saturated heterocycles. The molecule has 1 heterocycles. The van der Waals surface area contributed by atoms with Crippen LogP contribution in [0.3, 0.4) is 0 Å². The number of pyridine rings is 1. The van der Waals surface area contributed by atoms with Crippen LogP contribution in [-0.4, -0.2) is 27.9 Å². The van der Waals surface area contributed by atoms with E-state index in [4.69, 9.17) is 18.9 Å². The topological polar surface area (TPSA) is 40.8 Å². The summed E-state index contributed by atoms with van der Waals surface area (Å²) in [6.45, 7) is 2.56. The predicted octanol–water partition coefficient (Wildman–Crippen LogP) is 4.82. The lowest BCUT2D eigenvalue weighted by atomic mass is 10.00. The van der Waals surface area contributed by atoms with Crippen LogP contribution in [0, 0.1) is 0 Å². The average molecular weight is 415 g/mol. The number of benzene rings is 3. The van der Waals surface area contributed by atoms with Gasteiger partial charge in [-0.1, -0.05) is 6.07 Å². The highest BCUT2D eigenvalue weighted by molar-refractivity contribution is 6.14. The molecule has 0 bridgehead atoms. The van der Waals surface area contributed by atoms with Gasteiger partial charge >= 0.3 is 0 Å². The Labute approximate surface area is 176 Å². The first-order chi connectivity index (χ1) is 13.6. The normalized spacial score (nSPS) is 10.8. The van der Waals surface area contributed by atoms with Gasteiger partial charge in [0, 0.05) is 5.39 Å². The zero-order valence-corrected chi connectivity index (χ0v) is 18.1. The molecule has 4 aromatic rings. The van der Waals surface area contributed by atoms with E-state index in [2.05, 4.69) is 36.0 Å². The summed E-state index contributed by atoms with van der Waals surface area (Å²) in [6.07, 6.45) is 2.12. The fourth-order valence-corrected chi connectivity index (χ4v) is 3.85. The molecule has 0 aliphatic rings. The van der Waals surface area contributed by atoms with Crippen molar-refractivity contribution in [2.24, 2.45) is 7.05 Å². The van der Waals surface area contributed by atoms with Gasteiger partial charge in [0.2, 0.25) is 5.52 Å². The van der Waals surface area contributed by atoms with E-state index in [9.17, 15) is 0 Å². The summed E-state index contributed by atoms with van der Waals surface area (Å²) in [7, 11) is 7.04. The molecule has 0 unspecified atom stereocenters. The molecule has 152 valence electrons.